The molecule has 3 N–H and O–H groups in total. The Labute approximate surface area is 229 Å². The number of ether oxygens (including phenoxy) is 2. The fraction of sp³-hybridized carbons (Fsp3) is 0.407. The van der Waals surface area contributed by atoms with E-state index >= 15 is 0 Å². The Balaban J connectivity index is 2.17. The van der Waals surface area contributed by atoms with Gasteiger partial charge in [-0.05, 0) is 54.3 Å². The Morgan fingerprint density at radius 2 is 1.59 bits per heavy atom. The van der Waals surface area contributed by atoms with Gasteiger partial charge in [-0.25, -0.2) is 18.7 Å². The molecule has 39 heavy (non-hydrogen) atoms. The highest BCUT2D eigenvalue weighted by Gasteiger charge is 2.34. The van der Waals surface area contributed by atoms with Crippen LogP contribution in [0, 0.1) is 17.3 Å². The maximum atomic E-state index is 13.3. The standard InChI is InChI=1S/C27H35N3O8S/c1-6-7-17-37-22-12-14-23(15-13-22)39(35,36)29(5)24(25(31)28-34)20-8-10-21(11-9-20)38-18-16-30(26(32)33)19-27(2,3)4/h8-15,24,34H,16-19H2,1-5H3,(H,28,31)(H,32,33). The van der Waals surface area contributed by atoms with Crippen molar-refractivity contribution in [3.8, 4) is 23.3 Å². The van der Waals surface area contributed by atoms with Crippen molar-refractivity contribution in [1.82, 2.24) is 14.7 Å². The summed E-state index contributed by atoms with van der Waals surface area (Å²) in [7, 11) is -2.92. The molecule has 0 radical (unpaired) electrons. The molecule has 0 fully saturated rings. The van der Waals surface area contributed by atoms with Crippen molar-refractivity contribution >= 4 is 22.0 Å². The van der Waals surface area contributed by atoms with E-state index in [2.05, 4.69) is 11.8 Å². The van der Waals surface area contributed by atoms with Crippen LogP contribution in [-0.2, 0) is 14.8 Å². The zero-order valence-electron chi connectivity index (χ0n) is 22.7. The van der Waals surface area contributed by atoms with Crippen LogP contribution in [0.4, 0.5) is 4.79 Å². The zero-order chi connectivity index (χ0) is 29.2. The molecular weight excluding hydrogens is 526 g/mol. The topological polar surface area (TPSA) is 146 Å². The molecule has 0 heterocycles. The van der Waals surface area contributed by atoms with Gasteiger partial charge in [-0.3, -0.25) is 10.0 Å². The lowest BCUT2D eigenvalue weighted by Crippen LogP contribution is -2.40. The number of hydroxylamine groups is 1. The Morgan fingerprint density at radius 3 is 2.10 bits per heavy atom. The van der Waals surface area contributed by atoms with Crippen LogP contribution in [0.5, 0.6) is 11.5 Å². The number of amides is 2. The number of carbonyl (C=O) groups is 2. The molecule has 0 saturated carbocycles. The molecule has 11 nitrogen and oxygen atoms in total. The lowest BCUT2D eigenvalue weighted by atomic mass is 9.96. The predicted molar refractivity (Wildman–Crippen MR) is 144 cm³/mol. The molecule has 0 aliphatic carbocycles. The number of rotatable bonds is 12. The van der Waals surface area contributed by atoms with Gasteiger partial charge in [0.15, 0.2) is 0 Å². The van der Waals surface area contributed by atoms with Crippen molar-refractivity contribution in [2.45, 2.75) is 38.6 Å². The quantitative estimate of drug-likeness (QED) is 0.203. The summed E-state index contributed by atoms with van der Waals surface area (Å²) in [5.41, 5.74) is 1.59. The van der Waals surface area contributed by atoms with E-state index in [0.717, 1.165) is 4.31 Å². The first-order valence-electron chi connectivity index (χ1n) is 12.0. The normalized spacial score (nSPS) is 12.2. The minimum atomic E-state index is -4.15. The minimum absolute atomic E-state index is 0.0761. The first-order valence-corrected chi connectivity index (χ1v) is 13.5. The summed E-state index contributed by atoms with van der Waals surface area (Å²) in [6.07, 6.45) is -1.04. The average molecular weight is 562 g/mol. The first-order chi connectivity index (χ1) is 18.3. The summed E-state index contributed by atoms with van der Waals surface area (Å²) in [5.74, 6) is 5.32. The second-order valence-electron chi connectivity index (χ2n) is 9.77. The Kier molecular flexibility index (Phi) is 11.2. The van der Waals surface area contributed by atoms with Gasteiger partial charge in [-0.1, -0.05) is 38.8 Å². The number of carbonyl (C=O) groups excluding carboxylic acids is 1. The number of hydrogen-bond acceptors (Lipinski definition) is 7. The van der Waals surface area contributed by atoms with E-state index in [1.165, 1.54) is 66.0 Å². The van der Waals surface area contributed by atoms with Crippen LogP contribution < -0.4 is 15.0 Å². The van der Waals surface area contributed by atoms with Gasteiger partial charge < -0.3 is 19.5 Å². The zero-order valence-corrected chi connectivity index (χ0v) is 23.5. The van der Waals surface area contributed by atoms with Crippen LogP contribution in [0.25, 0.3) is 0 Å². The van der Waals surface area contributed by atoms with Gasteiger partial charge in [-0.2, -0.15) is 4.31 Å². The van der Waals surface area contributed by atoms with Crippen LogP contribution in [0.15, 0.2) is 53.4 Å². The summed E-state index contributed by atoms with van der Waals surface area (Å²) < 4.78 is 38.5. The number of nitrogens with one attached hydrogen (secondary N) is 1. The number of likely N-dealkylation sites (N-methyl/N-ethyl adjacent to an activating group) is 1. The lowest BCUT2D eigenvalue weighted by molar-refractivity contribution is -0.133. The van der Waals surface area contributed by atoms with Crippen LogP contribution in [0.1, 0.15) is 39.3 Å². The van der Waals surface area contributed by atoms with E-state index in [9.17, 15) is 28.3 Å². The molecule has 12 heteroatoms. The third kappa shape index (κ3) is 9.17. The smallest absolute Gasteiger partial charge is 0.407 e. The van der Waals surface area contributed by atoms with Crippen molar-refractivity contribution in [3.05, 3.63) is 54.1 Å². The predicted octanol–water partition coefficient (Wildman–Crippen LogP) is 3.36. The van der Waals surface area contributed by atoms with E-state index in [1.807, 2.05) is 20.8 Å². The number of nitrogens with zero attached hydrogens (tertiary/aromatic N) is 2. The Bertz CT molecular complexity index is 1280. The van der Waals surface area contributed by atoms with Gasteiger partial charge in [0.05, 0.1) is 11.4 Å². The van der Waals surface area contributed by atoms with Gasteiger partial charge in [-0.15, -0.1) is 5.92 Å². The third-order valence-corrected chi connectivity index (χ3v) is 7.31. The fourth-order valence-electron chi connectivity index (χ4n) is 3.63. The van der Waals surface area contributed by atoms with Crippen molar-refractivity contribution in [3.63, 3.8) is 0 Å². The second-order valence-corrected chi connectivity index (χ2v) is 11.8. The number of carboxylic acid groups (broad SMARTS) is 1. The van der Waals surface area contributed by atoms with E-state index in [0.29, 0.717) is 18.0 Å². The number of hydrogen-bond donors (Lipinski definition) is 3. The van der Waals surface area contributed by atoms with Crippen LogP contribution in [-0.4, -0.2) is 73.3 Å². The molecule has 0 saturated heterocycles. The summed E-state index contributed by atoms with van der Waals surface area (Å²) in [6, 6.07) is 10.3. The Hall–Kier alpha value is -3.79. The molecule has 2 amide bonds. The fourth-order valence-corrected chi connectivity index (χ4v) is 4.93. The SMILES string of the molecule is CC#CCOc1ccc(S(=O)(=O)N(C)C(C(=O)NO)c2ccc(OCCN(CC(C)(C)C)C(=O)O)cc2)cc1. The summed E-state index contributed by atoms with van der Waals surface area (Å²) in [5, 5.41) is 18.7. The van der Waals surface area contributed by atoms with Crippen LogP contribution in [0.2, 0.25) is 0 Å². The molecule has 0 bridgehead atoms. The highest BCUT2D eigenvalue weighted by Crippen LogP contribution is 2.29. The first kappa shape index (κ1) is 31.4. The second kappa shape index (κ2) is 13.8. The van der Waals surface area contributed by atoms with E-state index < -0.39 is 28.1 Å². The summed E-state index contributed by atoms with van der Waals surface area (Å²) in [6.45, 7) is 8.24. The molecule has 2 aromatic rings. The van der Waals surface area contributed by atoms with Crippen molar-refractivity contribution in [2.75, 3.05) is 33.4 Å². The molecule has 0 aliphatic rings. The van der Waals surface area contributed by atoms with Gasteiger partial charge in [0.2, 0.25) is 10.0 Å². The average Bonchev–Trinajstić information content (AvgIpc) is 2.88. The van der Waals surface area contributed by atoms with Gasteiger partial charge >= 0.3 is 6.09 Å². The van der Waals surface area contributed by atoms with Crippen molar-refractivity contribution in [1.29, 1.82) is 0 Å². The maximum absolute atomic E-state index is 13.3. The molecule has 0 spiro atoms. The molecule has 1 atom stereocenters. The van der Waals surface area contributed by atoms with Crippen molar-refractivity contribution in [2.24, 2.45) is 5.41 Å². The highest BCUT2D eigenvalue weighted by atomic mass is 32.2. The van der Waals surface area contributed by atoms with E-state index in [1.54, 1.807) is 6.92 Å². The lowest BCUT2D eigenvalue weighted by Gasteiger charge is -2.27. The van der Waals surface area contributed by atoms with Crippen LogP contribution >= 0.6 is 0 Å². The van der Waals surface area contributed by atoms with Gasteiger partial charge in [0, 0.05) is 13.6 Å². The molecule has 2 aromatic carbocycles. The molecular formula is C27H35N3O8S. The maximum Gasteiger partial charge on any atom is 0.407 e. The van der Waals surface area contributed by atoms with Gasteiger partial charge in [0.1, 0.15) is 30.8 Å². The summed E-state index contributed by atoms with van der Waals surface area (Å²) >= 11 is 0. The number of benzene rings is 2. The van der Waals surface area contributed by atoms with E-state index in [4.69, 9.17) is 9.47 Å². The highest BCUT2D eigenvalue weighted by molar-refractivity contribution is 7.89. The third-order valence-electron chi connectivity index (χ3n) is 5.47. The molecule has 0 aromatic heterocycles. The molecule has 2 rings (SSSR count). The monoisotopic (exact) mass is 561 g/mol. The van der Waals surface area contributed by atoms with E-state index in [-0.39, 0.29) is 35.6 Å². The Morgan fingerprint density at radius 1 is 1.03 bits per heavy atom. The van der Waals surface area contributed by atoms with Crippen LogP contribution in [0.3, 0.4) is 0 Å². The molecule has 1 unspecified atom stereocenters. The summed E-state index contributed by atoms with van der Waals surface area (Å²) in [4.78, 5) is 25.2. The molecule has 212 valence electrons. The number of sulfonamides is 1. The minimum Gasteiger partial charge on any atom is -0.492 e. The largest absolute Gasteiger partial charge is 0.492 e. The van der Waals surface area contributed by atoms with Gasteiger partial charge in [0.25, 0.3) is 5.91 Å². The molecule has 0 aliphatic heterocycles. The van der Waals surface area contributed by atoms with Crippen molar-refractivity contribution < 1.29 is 37.8 Å².